The van der Waals surface area contributed by atoms with Gasteiger partial charge in [0.05, 0.1) is 19.8 Å². The Labute approximate surface area is 150 Å². The van der Waals surface area contributed by atoms with Gasteiger partial charge in [0.25, 0.3) is 0 Å². The Hall–Kier alpha value is -1.75. The van der Waals surface area contributed by atoms with E-state index < -0.39 is 0 Å². The Morgan fingerprint density at radius 1 is 1.28 bits per heavy atom. The smallest absolute Gasteiger partial charge is 0.234 e. The van der Waals surface area contributed by atoms with Crippen molar-refractivity contribution in [1.29, 1.82) is 0 Å². The van der Waals surface area contributed by atoms with Crippen molar-refractivity contribution in [3.05, 3.63) is 23.8 Å². The lowest BCUT2D eigenvalue weighted by Crippen LogP contribution is -2.40. The molecule has 2 aliphatic heterocycles. The largest absolute Gasteiger partial charge is 0.490 e. The van der Waals surface area contributed by atoms with E-state index in [1.54, 1.807) is 0 Å². The minimum absolute atomic E-state index is 0.127. The van der Waals surface area contributed by atoms with Gasteiger partial charge in [0.2, 0.25) is 5.91 Å². The van der Waals surface area contributed by atoms with E-state index in [9.17, 15) is 4.79 Å². The molecule has 2 heterocycles. The summed E-state index contributed by atoms with van der Waals surface area (Å²) in [5.41, 5.74) is 1.22. The number of nitrogens with one attached hydrogen (secondary N) is 1. The zero-order valence-corrected chi connectivity index (χ0v) is 15.4. The lowest BCUT2D eigenvalue weighted by molar-refractivity contribution is -0.123. The monoisotopic (exact) mass is 346 g/mol. The highest BCUT2D eigenvalue weighted by Gasteiger charge is 2.28. The summed E-state index contributed by atoms with van der Waals surface area (Å²) in [5.74, 6) is 1.79. The third kappa shape index (κ3) is 4.66. The minimum atomic E-state index is 0.127. The fourth-order valence-corrected chi connectivity index (χ4v) is 3.79. The van der Waals surface area contributed by atoms with Crippen LogP contribution in [0.1, 0.15) is 57.6 Å². The van der Waals surface area contributed by atoms with Crippen LogP contribution in [-0.2, 0) is 4.79 Å². The second-order valence-electron chi connectivity index (χ2n) is 7.14. The van der Waals surface area contributed by atoms with Crippen LogP contribution in [0.5, 0.6) is 11.5 Å². The van der Waals surface area contributed by atoms with Gasteiger partial charge >= 0.3 is 0 Å². The highest BCUT2D eigenvalue weighted by molar-refractivity contribution is 5.78. The normalized spacial score (nSPS) is 21.6. The van der Waals surface area contributed by atoms with Crippen LogP contribution >= 0.6 is 0 Å². The quantitative estimate of drug-likeness (QED) is 0.859. The van der Waals surface area contributed by atoms with Crippen LogP contribution in [0.25, 0.3) is 0 Å². The topological polar surface area (TPSA) is 50.8 Å². The van der Waals surface area contributed by atoms with Crippen LogP contribution in [-0.4, -0.2) is 43.2 Å². The van der Waals surface area contributed by atoms with Crippen molar-refractivity contribution >= 4 is 5.91 Å². The number of nitrogens with zero attached hydrogens (tertiary/aromatic N) is 1. The van der Waals surface area contributed by atoms with Gasteiger partial charge in [-0.2, -0.15) is 0 Å². The molecule has 1 fully saturated rings. The number of rotatable bonds is 6. The zero-order chi connectivity index (χ0) is 17.6. The molecular formula is C20H30N2O3. The third-order valence-corrected chi connectivity index (χ3v) is 5.00. The minimum Gasteiger partial charge on any atom is -0.490 e. The molecule has 0 saturated carbocycles. The first kappa shape index (κ1) is 18.1. The predicted octanol–water partition coefficient (Wildman–Crippen LogP) is 3.29. The molecule has 0 spiro atoms. The molecule has 2 atom stereocenters. The van der Waals surface area contributed by atoms with Gasteiger partial charge in [-0.15, -0.1) is 0 Å². The molecule has 1 saturated heterocycles. The molecule has 0 bridgehead atoms. The molecule has 25 heavy (non-hydrogen) atoms. The van der Waals surface area contributed by atoms with Crippen LogP contribution in [0.2, 0.25) is 0 Å². The first-order valence-electron chi connectivity index (χ1n) is 9.60. The van der Waals surface area contributed by atoms with Crippen LogP contribution in [0.15, 0.2) is 18.2 Å². The maximum atomic E-state index is 12.3. The molecule has 1 amide bonds. The van der Waals surface area contributed by atoms with Crippen LogP contribution in [0.3, 0.4) is 0 Å². The fraction of sp³-hybridized carbons (Fsp3) is 0.650. The molecule has 2 unspecified atom stereocenters. The van der Waals surface area contributed by atoms with Crippen LogP contribution < -0.4 is 14.8 Å². The number of hydrogen-bond donors (Lipinski definition) is 1. The van der Waals surface area contributed by atoms with Crippen molar-refractivity contribution in [2.24, 2.45) is 0 Å². The molecule has 1 N–H and O–H groups in total. The van der Waals surface area contributed by atoms with Gasteiger partial charge in [0.15, 0.2) is 11.5 Å². The Morgan fingerprint density at radius 2 is 2.08 bits per heavy atom. The standard InChI is InChI=1S/C20H30N2O3/c1-3-6-15(2)21-20(23)14-22-10-4-7-17(22)16-8-9-18-19(13-16)25-12-5-11-24-18/h8-9,13,15,17H,3-7,10-12,14H2,1-2H3,(H,21,23). The Kier molecular flexibility index (Phi) is 6.19. The first-order valence-corrected chi connectivity index (χ1v) is 9.60. The number of likely N-dealkylation sites (tertiary alicyclic amines) is 1. The van der Waals surface area contributed by atoms with Crippen molar-refractivity contribution in [2.75, 3.05) is 26.3 Å². The molecule has 1 aromatic carbocycles. The molecule has 0 aromatic heterocycles. The summed E-state index contributed by atoms with van der Waals surface area (Å²) in [6.07, 6.45) is 5.23. The number of carbonyl (C=O) groups excluding carboxylic acids is 1. The summed E-state index contributed by atoms with van der Waals surface area (Å²) in [4.78, 5) is 14.6. The van der Waals surface area contributed by atoms with Crippen LogP contribution in [0.4, 0.5) is 0 Å². The Morgan fingerprint density at radius 3 is 2.88 bits per heavy atom. The van der Waals surface area contributed by atoms with E-state index in [0.717, 1.165) is 50.1 Å². The number of fused-ring (bicyclic) bond motifs is 1. The highest BCUT2D eigenvalue weighted by Crippen LogP contribution is 2.37. The van der Waals surface area contributed by atoms with Gasteiger partial charge in [-0.05, 0) is 50.4 Å². The Balaban J connectivity index is 1.65. The van der Waals surface area contributed by atoms with E-state index in [2.05, 4.69) is 36.2 Å². The van der Waals surface area contributed by atoms with E-state index in [-0.39, 0.29) is 18.0 Å². The van der Waals surface area contributed by atoms with Crippen molar-refractivity contribution < 1.29 is 14.3 Å². The Bertz CT molecular complexity index is 590. The summed E-state index contributed by atoms with van der Waals surface area (Å²) in [6, 6.07) is 6.76. The van der Waals surface area contributed by atoms with Gasteiger partial charge in [-0.1, -0.05) is 19.4 Å². The molecule has 0 aliphatic carbocycles. The van der Waals surface area contributed by atoms with Crippen molar-refractivity contribution in [2.45, 2.75) is 58.0 Å². The van der Waals surface area contributed by atoms with Crippen LogP contribution in [0, 0.1) is 0 Å². The van der Waals surface area contributed by atoms with Crippen molar-refractivity contribution in [3.8, 4) is 11.5 Å². The number of benzene rings is 1. The van der Waals surface area contributed by atoms with Gasteiger partial charge in [0.1, 0.15) is 0 Å². The second-order valence-corrected chi connectivity index (χ2v) is 7.14. The van der Waals surface area contributed by atoms with Crippen molar-refractivity contribution in [3.63, 3.8) is 0 Å². The maximum absolute atomic E-state index is 12.3. The lowest BCUT2D eigenvalue weighted by Gasteiger charge is -2.25. The molecule has 1 aromatic rings. The van der Waals surface area contributed by atoms with E-state index in [1.807, 2.05) is 6.07 Å². The average Bonchev–Trinajstić information content (AvgIpc) is 2.90. The second kappa shape index (κ2) is 8.56. The highest BCUT2D eigenvalue weighted by atomic mass is 16.5. The average molecular weight is 346 g/mol. The van der Waals surface area contributed by atoms with E-state index in [4.69, 9.17) is 9.47 Å². The van der Waals surface area contributed by atoms with E-state index in [1.165, 1.54) is 5.56 Å². The molecule has 3 rings (SSSR count). The molecule has 2 aliphatic rings. The zero-order valence-electron chi connectivity index (χ0n) is 15.4. The summed E-state index contributed by atoms with van der Waals surface area (Å²) in [7, 11) is 0. The fourth-order valence-electron chi connectivity index (χ4n) is 3.79. The van der Waals surface area contributed by atoms with Crippen molar-refractivity contribution in [1.82, 2.24) is 10.2 Å². The summed E-state index contributed by atoms with van der Waals surface area (Å²) < 4.78 is 11.5. The summed E-state index contributed by atoms with van der Waals surface area (Å²) in [5, 5.41) is 3.11. The predicted molar refractivity (Wildman–Crippen MR) is 98.1 cm³/mol. The summed E-state index contributed by atoms with van der Waals surface area (Å²) >= 11 is 0. The van der Waals surface area contributed by atoms with Gasteiger partial charge in [-0.3, -0.25) is 9.69 Å². The lowest BCUT2D eigenvalue weighted by atomic mass is 10.0. The number of carbonyl (C=O) groups is 1. The molecule has 138 valence electrons. The molecule has 5 heteroatoms. The number of hydrogen-bond acceptors (Lipinski definition) is 4. The SMILES string of the molecule is CCCC(C)NC(=O)CN1CCCC1c1ccc2c(c1)OCCCO2. The van der Waals surface area contributed by atoms with E-state index in [0.29, 0.717) is 19.8 Å². The maximum Gasteiger partial charge on any atom is 0.234 e. The molecule has 5 nitrogen and oxygen atoms in total. The van der Waals surface area contributed by atoms with E-state index >= 15 is 0 Å². The number of amides is 1. The third-order valence-electron chi connectivity index (χ3n) is 5.00. The summed E-state index contributed by atoms with van der Waals surface area (Å²) in [6.45, 7) is 7.05. The van der Waals surface area contributed by atoms with Gasteiger partial charge in [-0.25, -0.2) is 0 Å². The van der Waals surface area contributed by atoms with Gasteiger partial charge in [0, 0.05) is 18.5 Å². The number of ether oxygens (including phenoxy) is 2. The van der Waals surface area contributed by atoms with Gasteiger partial charge < -0.3 is 14.8 Å². The first-order chi connectivity index (χ1) is 12.2. The molecular weight excluding hydrogens is 316 g/mol. The molecule has 0 radical (unpaired) electrons.